The topological polar surface area (TPSA) is 69.9 Å². The molecule has 0 spiro atoms. The quantitative estimate of drug-likeness (QED) is 0.289. The van der Waals surface area contributed by atoms with Crippen molar-refractivity contribution in [2.75, 3.05) is 50.7 Å². The molecule has 7 nitrogen and oxygen atoms in total. The molecule has 0 aliphatic carbocycles. The van der Waals surface area contributed by atoms with E-state index < -0.39 is 0 Å². The zero-order valence-electron chi connectivity index (χ0n) is 19.4. The van der Waals surface area contributed by atoms with Crippen LogP contribution in [0.2, 0.25) is 0 Å². The van der Waals surface area contributed by atoms with E-state index in [9.17, 15) is 14.9 Å². The van der Waals surface area contributed by atoms with E-state index in [0.717, 1.165) is 58.7 Å². The lowest BCUT2D eigenvalue weighted by atomic mass is 10.0. The van der Waals surface area contributed by atoms with Gasteiger partial charge in [0.05, 0.1) is 4.92 Å². The molecule has 4 rings (SSSR count). The van der Waals surface area contributed by atoms with E-state index in [1.807, 2.05) is 6.07 Å². The van der Waals surface area contributed by atoms with Gasteiger partial charge in [-0.3, -0.25) is 19.8 Å². The summed E-state index contributed by atoms with van der Waals surface area (Å²) < 4.78 is 0. The van der Waals surface area contributed by atoms with Gasteiger partial charge in [-0.05, 0) is 37.0 Å². The van der Waals surface area contributed by atoms with Crippen molar-refractivity contribution in [1.82, 2.24) is 9.80 Å². The van der Waals surface area contributed by atoms with Crippen LogP contribution in [0, 0.1) is 10.1 Å². The highest BCUT2D eigenvalue weighted by molar-refractivity contribution is 5.97. The molecule has 0 unspecified atom stereocenters. The number of hydrogen-bond donors (Lipinski definition) is 0. The molecule has 34 heavy (non-hydrogen) atoms. The standard InChI is InChI=1S/C25H32N4O3.2ClH/c30-25(11-14-26-15-17-27(18-16-26)20-21-7-3-1-4-8-21)22-9-10-23(24(19-22)29(31)32)28-12-5-2-6-13-28;;/h1,3-4,7-10,19H,2,5-6,11-18,20H2;2*1H. The van der Waals surface area contributed by atoms with Gasteiger partial charge in [0.15, 0.2) is 5.78 Å². The number of piperidine rings is 1. The summed E-state index contributed by atoms with van der Waals surface area (Å²) >= 11 is 0. The molecule has 2 fully saturated rings. The lowest BCUT2D eigenvalue weighted by Crippen LogP contribution is -2.46. The molecule has 0 saturated carbocycles. The number of nitro groups is 1. The van der Waals surface area contributed by atoms with Crippen LogP contribution in [0.15, 0.2) is 48.5 Å². The Labute approximate surface area is 214 Å². The minimum atomic E-state index is -0.354. The van der Waals surface area contributed by atoms with Crippen LogP contribution < -0.4 is 4.90 Å². The zero-order valence-corrected chi connectivity index (χ0v) is 21.1. The maximum absolute atomic E-state index is 12.8. The number of benzene rings is 2. The van der Waals surface area contributed by atoms with E-state index in [2.05, 4.69) is 39.0 Å². The summed E-state index contributed by atoms with van der Waals surface area (Å²) in [4.78, 5) is 30.9. The van der Waals surface area contributed by atoms with Crippen LogP contribution in [0.25, 0.3) is 0 Å². The molecule has 0 atom stereocenters. The van der Waals surface area contributed by atoms with Crippen molar-refractivity contribution < 1.29 is 9.72 Å². The largest absolute Gasteiger partial charge is 0.366 e. The van der Waals surface area contributed by atoms with Gasteiger partial charge in [-0.25, -0.2) is 0 Å². The molecule has 2 aromatic carbocycles. The Hall–Kier alpha value is -2.19. The van der Waals surface area contributed by atoms with Crippen molar-refractivity contribution in [3.05, 3.63) is 69.8 Å². The average molecular weight is 509 g/mol. The van der Waals surface area contributed by atoms with Crippen LogP contribution in [0.5, 0.6) is 0 Å². The van der Waals surface area contributed by atoms with E-state index in [4.69, 9.17) is 0 Å². The van der Waals surface area contributed by atoms with E-state index in [1.54, 1.807) is 12.1 Å². The molecule has 0 aromatic heterocycles. The highest BCUT2D eigenvalue weighted by Gasteiger charge is 2.24. The highest BCUT2D eigenvalue weighted by Crippen LogP contribution is 2.31. The third-order valence-electron chi connectivity index (χ3n) is 6.56. The minimum absolute atomic E-state index is 0. The van der Waals surface area contributed by atoms with Gasteiger partial charge in [0.2, 0.25) is 0 Å². The first-order valence-electron chi connectivity index (χ1n) is 11.7. The Morgan fingerprint density at radius 1 is 0.853 bits per heavy atom. The van der Waals surface area contributed by atoms with Gasteiger partial charge in [0.1, 0.15) is 5.69 Å². The molecule has 2 aliphatic rings. The highest BCUT2D eigenvalue weighted by atomic mass is 35.5. The Morgan fingerprint density at radius 3 is 2.15 bits per heavy atom. The van der Waals surface area contributed by atoms with Crippen LogP contribution in [-0.4, -0.2) is 66.3 Å². The maximum atomic E-state index is 12.8. The van der Waals surface area contributed by atoms with Crippen LogP contribution in [0.3, 0.4) is 0 Å². The first-order valence-corrected chi connectivity index (χ1v) is 11.7. The average Bonchev–Trinajstić information content (AvgIpc) is 2.84. The lowest BCUT2D eigenvalue weighted by Gasteiger charge is -2.34. The molecular weight excluding hydrogens is 475 g/mol. The van der Waals surface area contributed by atoms with E-state index in [1.165, 1.54) is 18.1 Å². The summed E-state index contributed by atoms with van der Waals surface area (Å²) in [6.45, 7) is 7.18. The molecule has 186 valence electrons. The molecule has 2 aromatic rings. The fourth-order valence-electron chi connectivity index (χ4n) is 4.66. The maximum Gasteiger partial charge on any atom is 0.293 e. The van der Waals surface area contributed by atoms with Gasteiger partial charge in [-0.2, -0.15) is 0 Å². The second-order valence-corrected chi connectivity index (χ2v) is 8.78. The number of carbonyl (C=O) groups excluding carboxylic acids is 1. The number of piperazine rings is 1. The van der Waals surface area contributed by atoms with Crippen molar-refractivity contribution >= 4 is 42.0 Å². The molecule has 9 heteroatoms. The first-order chi connectivity index (χ1) is 15.6. The molecule has 2 heterocycles. The van der Waals surface area contributed by atoms with Crippen LogP contribution in [0.1, 0.15) is 41.6 Å². The molecular formula is C25H34Cl2N4O3. The molecule has 0 amide bonds. The summed E-state index contributed by atoms with van der Waals surface area (Å²) in [5, 5.41) is 11.7. The molecule has 0 bridgehead atoms. The second-order valence-electron chi connectivity index (χ2n) is 8.78. The predicted octanol–water partition coefficient (Wildman–Crippen LogP) is 4.82. The molecule has 0 radical (unpaired) electrons. The van der Waals surface area contributed by atoms with Gasteiger partial charge < -0.3 is 9.80 Å². The lowest BCUT2D eigenvalue weighted by molar-refractivity contribution is -0.384. The van der Waals surface area contributed by atoms with E-state index in [-0.39, 0.29) is 41.2 Å². The number of Topliss-reactive ketones (excluding diaryl/α,β-unsaturated/α-hetero) is 1. The van der Waals surface area contributed by atoms with Gasteiger partial charge in [-0.15, -0.1) is 24.8 Å². The van der Waals surface area contributed by atoms with Crippen LogP contribution in [0.4, 0.5) is 11.4 Å². The second kappa shape index (κ2) is 13.6. The SMILES string of the molecule is Cl.Cl.O=C(CCN1CCN(Cc2ccccc2)CC1)c1ccc(N2CCCCC2)c([N+](=O)[O-])c1. The van der Waals surface area contributed by atoms with Gasteiger partial charge in [0, 0.05) is 70.4 Å². The summed E-state index contributed by atoms with van der Waals surface area (Å²) in [6, 6.07) is 15.5. The number of hydrogen-bond acceptors (Lipinski definition) is 6. The summed E-state index contributed by atoms with van der Waals surface area (Å²) in [5.74, 6) is -0.0231. The zero-order chi connectivity index (χ0) is 22.3. The van der Waals surface area contributed by atoms with Gasteiger partial charge in [0.25, 0.3) is 5.69 Å². The first kappa shape index (κ1) is 28.1. The number of halogens is 2. The number of ketones is 1. The Kier molecular flexibility index (Phi) is 11.2. The summed E-state index contributed by atoms with van der Waals surface area (Å²) in [7, 11) is 0. The Balaban J connectivity index is 0.00000204. The van der Waals surface area contributed by atoms with Gasteiger partial charge >= 0.3 is 0 Å². The van der Waals surface area contributed by atoms with E-state index in [0.29, 0.717) is 24.2 Å². The van der Waals surface area contributed by atoms with Crippen LogP contribution >= 0.6 is 24.8 Å². The normalized spacial score (nSPS) is 16.9. The Bertz CT molecular complexity index is 931. The van der Waals surface area contributed by atoms with Gasteiger partial charge in [-0.1, -0.05) is 30.3 Å². The third kappa shape index (κ3) is 7.40. The van der Waals surface area contributed by atoms with Crippen molar-refractivity contribution in [1.29, 1.82) is 0 Å². The Morgan fingerprint density at radius 2 is 1.50 bits per heavy atom. The number of anilines is 1. The predicted molar refractivity (Wildman–Crippen MR) is 141 cm³/mol. The van der Waals surface area contributed by atoms with Crippen molar-refractivity contribution in [3.8, 4) is 0 Å². The van der Waals surface area contributed by atoms with Crippen molar-refractivity contribution in [2.24, 2.45) is 0 Å². The minimum Gasteiger partial charge on any atom is -0.366 e. The number of rotatable bonds is 8. The number of nitro benzene ring substituents is 1. The monoisotopic (exact) mass is 508 g/mol. The third-order valence-corrected chi connectivity index (χ3v) is 6.56. The molecule has 2 aliphatic heterocycles. The summed E-state index contributed by atoms with van der Waals surface area (Å²) in [6.07, 6.45) is 3.66. The smallest absolute Gasteiger partial charge is 0.293 e. The summed E-state index contributed by atoms with van der Waals surface area (Å²) in [5.41, 5.74) is 2.46. The number of nitrogens with zero attached hydrogens (tertiary/aromatic N) is 4. The molecule has 0 N–H and O–H groups in total. The van der Waals surface area contributed by atoms with Crippen molar-refractivity contribution in [3.63, 3.8) is 0 Å². The van der Waals surface area contributed by atoms with E-state index >= 15 is 0 Å². The van der Waals surface area contributed by atoms with Crippen LogP contribution in [-0.2, 0) is 6.54 Å². The van der Waals surface area contributed by atoms with Crippen molar-refractivity contribution in [2.45, 2.75) is 32.2 Å². The number of carbonyl (C=O) groups is 1. The fraction of sp³-hybridized carbons (Fsp3) is 0.480. The fourth-order valence-corrected chi connectivity index (χ4v) is 4.66. The molecule has 2 saturated heterocycles.